The monoisotopic (exact) mass is 332 g/mol. The number of imidazole rings is 1. The zero-order valence-corrected chi connectivity index (χ0v) is 14.2. The first-order valence-corrected chi connectivity index (χ1v) is 8.94. The van der Waals surface area contributed by atoms with Gasteiger partial charge in [0.1, 0.15) is 0 Å². The molecule has 6 nitrogen and oxygen atoms in total. The van der Waals surface area contributed by atoms with Gasteiger partial charge in [0.25, 0.3) is 0 Å². The first-order valence-electron chi connectivity index (χ1n) is 7.78. The highest BCUT2D eigenvalue weighted by atomic mass is 32.2. The fourth-order valence-corrected chi connectivity index (χ4v) is 3.01. The number of thioether (sulfide) groups is 1. The molecule has 124 valence electrons. The van der Waals surface area contributed by atoms with Crippen molar-refractivity contribution in [1.82, 2.24) is 25.6 Å². The predicted octanol–water partition coefficient (Wildman–Crippen LogP) is 2.17. The Bertz CT molecular complexity index is 557. The van der Waals surface area contributed by atoms with Crippen molar-refractivity contribution in [3.8, 4) is 0 Å². The van der Waals surface area contributed by atoms with Crippen LogP contribution in [0.25, 0.3) is 0 Å². The molecule has 0 amide bonds. The lowest BCUT2D eigenvalue weighted by Crippen LogP contribution is -2.42. The third kappa shape index (κ3) is 7.19. The van der Waals surface area contributed by atoms with Gasteiger partial charge in [-0.25, -0.2) is 4.98 Å². The average Bonchev–Trinajstić information content (AvgIpc) is 3.06. The lowest BCUT2D eigenvalue weighted by atomic mass is 10.2. The average molecular weight is 332 g/mol. The Balaban J connectivity index is 1.52. The number of H-pyrrole nitrogens is 1. The summed E-state index contributed by atoms with van der Waals surface area (Å²) in [6.45, 7) is 2.86. The van der Waals surface area contributed by atoms with Gasteiger partial charge in [-0.3, -0.25) is 10.4 Å². The highest BCUT2D eigenvalue weighted by Gasteiger charge is 2.05. The van der Waals surface area contributed by atoms with Gasteiger partial charge in [-0.2, -0.15) is 11.8 Å². The highest BCUT2D eigenvalue weighted by molar-refractivity contribution is 7.98. The SMILES string of the molecule is CC(CSCc1ccccn1)NC(=N)NCCCc1c[nH]cn1. The van der Waals surface area contributed by atoms with E-state index in [0.29, 0.717) is 5.96 Å². The second kappa shape index (κ2) is 9.89. The predicted molar refractivity (Wildman–Crippen MR) is 95.6 cm³/mol. The Kier molecular flexibility index (Phi) is 7.45. The van der Waals surface area contributed by atoms with Gasteiger partial charge >= 0.3 is 0 Å². The zero-order valence-electron chi connectivity index (χ0n) is 13.4. The van der Waals surface area contributed by atoms with Gasteiger partial charge in [-0.15, -0.1) is 0 Å². The van der Waals surface area contributed by atoms with Crippen LogP contribution in [-0.4, -0.2) is 39.3 Å². The summed E-state index contributed by atoms with van der Waals surface area (Å²) in [5.41, 5.74) is 2.15. The van der Waals surface area contributed by atoms with Crippen LogP contribution >= 0.6 is 11.8 Å². The minimum Gasteiger partial charge on any atom is -0.357 e. The first-order chi connectivity index (χ1) is 11.2. The Morgan fingerprint density at radius 2 is 2.26 bits per heavy atom. The third-order valence-electron chi connectivity index (χ3n) is 3.20. The van der Waals surface area contributed by atoms with Crippen LogP contribution in [-0.2, 0) is 12.2 Å². The number of nitrogens with zero attached hydrogens (tertiary/aromatic N) is 2. The van der Waals surface area contributed by atoms with E-state index in [-0.39, 0.29) is 6.04 Å². The molecule has 2 heterocycles. The number of aromatic nitrogens is 3. The Morgan fingerprint density at radius 3 is 3.00 bits per heavy atom. The van der Waals surface area contributed by atoms with Crippen molar-refractivity contribution in [1.29, 1.82) is 5.41 Å². The minimum absolute atomic E-state index is 0.245. The number of rotatable bonds is 9. The Morgan fingerprint density at radius 1 is 1.35 bits per heavy atom. The van der Waals surface area contributed by atoms with Gasteiger partial charge < -0.3 is 15.6 Å². The second-order valence-electron chi connectivity index (χ2n) is 5.35. The third-order valence-corrected chi connectivity index (χ3v) is 4.44. The van der Waals surface area contributed by atoms with Crippen LogP contribution in [0.15, 0.2) is 36.9 Å². The molecule has 2 aromatic heterocycles. The molecular formula is C16H24N6S. The van der Waals surface area contributed by atoms with E-state index >= 15 is 0 Å². The van der Waals surface area contributed by atoms with Gasteiger partial charge in [0, 0.05) is 36.5 Å². The largest absolute Gasteiger partial charge is 0.357 e. The zero-order chi connectivity index (χ0) is 16.3. The summed E-state index contributed by atoms with van der Waals surface area (Å²) in [4.78, 5) is 11.4. The fraction of sp³-hybridized carbons (Fsp3) is 0.438. The second-order valence-corrected chi connectivity index (χ2v) is 6.38. The van der Waals surface area contributed by atoms with Gasteiger partial charge in [0.2, 0.25) is 0 Å². The number of hydrogen-bond donors (Lipinski definition) is 4. The molecule has 0 aliphatic carbocycles. The molecular weight excluding hydrogens is 308 g/mol. The fourth-order valence-electron chi connectivity index (χ4n) is 2.07. The molecule has 23 heavy (non-hydrogen) atoms. The summed E-state index contributed by atoms with van der Waals surface area (Å²) >= 11 is 1.82. The molecule has 7 heteroatoms. The molecule has 0 radical (unpaired) electrons. The summed E-state index contributed by atoms with van der Waals surface area (Å²) in [6, 6.07) is 6.22. The summed E-state index contributed by atoms with van der Waals surface area (Å²) in [5.74, 6) is 2.23. The Hall–Kier alpha value is -2.02. The van der Waals surface area contributed by atoms with E-state index < -0.39 is 0 Å². The minimum atomic E-state index is 0.245. The van der Waals surface area contributed by atoms with Crippen LogP contribution < -0.4 is 10.6 Å². The van der Waals surface area contributed by atoms with Crippen molar-refractivity contribution in [2.75, 3.05) is 12.3 Å². The molecule has 2 aromatic rings. The molecule has 0 spiro atoms. The van der Waals surface area contributed by atoms with E-state index in [4.69, 9.17) is 5.41 Å². The maximum atomic E-state index is 7.91. The molecule has 0 aliphatic rings. The van der Waals surface area contributed by atoms with Crippen molar-refractivity contribution < 1.29 is 0 Å². The molecule has 0 bridgehead atoms. The quantitative estimate of drug-likeness (QED) is 0.321. The van der Waals surface area contributed by atoms with Gasteiger partial charge in [0.15, 0.2) is 5.96 Å². The van der Waals surface area contributed by atoms with Crippen LogP contribution in [0.2, 0.25) is 0 Å². The van der Waals surface area contributed by atoms with Crippen LogP contribution in [0.5, 0.6) is 0 Å². The summed E-state index contributed by atoms with van der Waals surface area (Å²) in [5, 5.41) is 14.2. The molecule has 2 rings (SSSR count). The molecule has 0 aromatic carbocycles. The van der Waals surface area contributed by atoms with E-state index in [1.807, 2.05) is 42.4 Å². The van der Waals surface area contributed by atoms with Crippen molar-refractivity contribution in [3.63, 3.8) is 0 Å². The van der Waals surface area contributed by atoms with Gasteiger partial charge in [-0.1, -0.05) is 6.07 Å². The van der Waals surface area contributed by atoms with E-state index in [1.54, 1.807) is 6.33 Å². The molecule has 4 N–H and O–H groups in total. The van der Waals surface area contributed by atoms with E-state index in [9.17, 15) is 0 Å². The van der Waals surface area contributed by atoms with E-state index in [2.05, 4.69) is 32.5 Å². The molecule has 1 unspecified atom stereocenters. The summed E-state index contributed by atoms with van der Waals surface area (Å²) < 4.78 is 0. The number of aryl methyl sites for hydroxylation is 1. The van der Waals surface area contributed by atoms with E-state index in [0.717, 1.165) is 42.3 Å². The van der Waals surface area contributed by atoms with Gasteiger partial charge in [-0.05, 0) is 31.9 Å². The number of hydrogen-bond acceptors (Lipinski definition) is 4. The van der Waals surface area contributed by atoms with Crippen molar-refractivity contribution in [3.05, 3.63) is 48.3 Å². The van der Waals surface area contributed by atoms with Crippen LogP contribution in [0.1, 0.15) is 24.7 Å². The highest BCUT2D eigenvalue weighted by Crippen LogP contribution is 2.10. The van der Waals surface area contributed by atoms with Crippen molar-refractivity contribution in [2.45, 2.75) is 31.6 Å². The van der Waals surface area contributed by atoms with Crippen LogP contribution in [0.4, 0.5) is 0 Å². The maximum absolute atomic E-state index is 7.91. The number of nitrogens with one attached hydrogen (secondary N) is 4. The molecule has 0 aliphatic heterocycles. The van der Waals surface area contributed by atoms with E-state index in [1.165, 1.54) is 0 Å². The molecule has 1 atom stereocenters. The molecule has 0 fully saturated rings. The van der Waals surface area contributed by atoms with Gasteiger partial charge in [0.05, 0.1) is 17.7 Å². The topological polar surface area (TPSA) is 89.5 Å². The molecule has 0 saturated carbocycles. The van der Waals surface area contributed by atoms with Crippen LogP contribution in [0.3, 0.4) is 0 Å². The summed E-state index contributed by atoms with van der Waals surface area (Å²) in [6.07, 6.45) is 7.29. The Labute approximate surface area is 141 Å². The number of pyridine rings is 1. The van der Waals surface area contributed by atoms with Crippen molar-refractivity contribution >= 4 is 17.7 Å². The number of guanidine groups is 1. The first kappa shape index (κ1) is 17.3. The smallest absolute Gasteiger partial charge is 0.188 e. The van der Waals surface area contributed by atoms with Crippen molar-refractivity contribution in [2.24, 2.45) is 0 Å². The maximum Gasteiger partial charge on any atom is 0.188 e. The molecule has 0 saturated heterocycles. The number of aromatic amines is 1. The normalized spacial score (nSPS) is 11.9. The lowest BCUT2D eigenvalue weighted by Gasteiger charge is -2.16. The lowest BCUT2D eigenvalue weighted by molar-refractivity contribution is 0.686. The van der Waals surface area contributed by atoms with Crippen LogP contribution in [0, 0.1) is 5.41 Å². The summed E-state index contributed by atoms with van der Waals surface area (Å²) in [7, 11) is 0. The standard InChI is InChI=1S/C16H24N6S/c1-13(10-23-11-15-5-2-3-7-19-15)22-16(17)20-8-4-6-14-9-18-12-21-14/h2-3,5,7,9,12-13H,4,6,8,10-11H2,1H3,(H,18,21)(H3,17,20,22).